The third-order valence-corrected chi connectivity index (χ3v) is 3.43. The molecule has 1 saturated heterocycles. The van der Waals surface area contributed by atoms with Gasteiger partial charge in [0.15, 0.2) is 9.84 Å². The molecule has 3 nitrogen and oxygen atoms in total. The van der Waals surface area contributed by atoms with Crippen molar-refractivity contribution in [2.24, 2.45) is 0 Å². The minimum absolute atomic E-state index is 0.147. The van der Waals surface area contributed by atoms with Gasteiger partial charge in [-0.2, -0.15) is 0 Å². The molecule has 0 aromatic carbocycles. The monoisotopic (exact) mass is 173 g/mol. The molecule has 1 N–H and O–H groups in total. The van der Waals surface area contributed by atoms with E-state index in [1.807, 2.05) is 0 Å². The summed E-state index contributed by atoms with van der Waals surface area (Å²) in [7, 11) is -2.68. The van der Waals surface area contributed by atoms with Gasteiger partial charge in [0.25, 0.3) is 0 Å². The van der Waals surface area contributed by atoms with Crippen molar-refractivity contribution in [3.8, 4) is 12.3 Å². The first-order valence-electron chi connectivity index (χ1n) is 3.51. The molecule has 4 heteroatoms. The van der Waals surface area contributed by atoms with Gasteiger partial charge in [-0.05, 0) is 0 Å². The molecule has 1 rings (SSSR count). The fraction of sp³-hybridized carbons (Fsp3) is 0.714. The summed E-state index contributed by atoms with van der Waals surface area (Å²) in [4.78, 5) is 0. The summed E-state index contributed by atoms with van der Waals surface area (Å²) >= 11 is 0. The van der Waals surface area contributed by atoms with Crippen LogP contribution >= 0.6 is 0 Å². The zero-order chi connectivity index (χ0) is 8.32. The van der Waals surface area contributed by atoms with Gasteiger partial charge in [0.2, 0.25) is 0 Å². The third kappa shape index (κ3) is 2.52. The standard InChI is InChI=1S/C7H11NO2S/c1-2-3-4-8-7-5-11(9,10)6-7/h1,7-8H,3-6H2. The first kappa shape index (κ1) is 8.57. The molecular weight excluding hydrogens is 162 g/mol. The highest BCUT2D eigenvalue weighted by Gasteiger charge is 2.32. The van der Waals surface area contributed by atoms with Crippen molar-refractivity contribution in [3.05, 3.63) is 0 Å². The van der Waals surface area contributed by atoms with Crippen LogP contribution < -0.4 is 5.32 Å². The lowest BCUT2D eigenvalue weighted by atomic mass is 10.3. The summed E-state index contributed by atoms with van der Waals surface area (Å²) in [5, 5.41) is 3.05. The van der Waals surface area contributed by atoms with E-state index in [0.29, 0.717) is 6.42 Å². The average molecular weight is 173 g/mol. The Kier molecular flexibility index (Phi) is 2.53. The minimum atomic E-state index is -2.68. The van der Waals surface area contributed by atoms with Crippen LogP contribution in [-0.2, 0) is 9.84 Å². The first-order chi connectivity index (χ1) is 5.14. The summed E-state index contributed by atoms with van der Waals surface area (Å²) in [6.45, 7) is 0.719. The maximum Gasteiger partial charge on any atom is 0.153 e. The Bertz CT molecular complexity index is 251. The fourth-order valence-electron chi connectivity index (χ4n) is 1.03. The lowest BCUT2D eigenvalue weighted by Gasteiger charge is -2.26. The Hall–Kier alpha value is -0.530. The number of rotatable bonds is 3. The third-order valence-electron chi connectivity index (χ3n) is 1.61. The van der Waals surface area contributed by atoms with Crippen molar-refractivity contribution in [2.45, 2.75) is 12.5 Å². The number of sulfone groups is 1. The molecule has 11 heavy (non-hydrogen) atoms. The molecule has 0 unspecified atom stereocenters. The molecule has 0 aromatic rings. The molecule has 62 valence electrons. The Balaban J connectivity index is 2.11. The fourth-order valence-corrected chi connectivity index (χ4v) is 2.39. The Morgan fingerprint density at radius 3 is 2.64 bits per heavy atom. The van der Waals surface area contributed by atoms with Crippen molar-refractivity contribution in [1.29, 1.82) is 0 Å². The van der Waals surface area contributed by atoms with Crippen molar-refractivity contribution in [3.63, 3.8) is 0 Å². The van der Waals surface area contributed by atoms with Gasteiger partial charge in [0.05, 0.1) is 11.5 Å². The molecule has 1 heterocycles. The van der Waals surface area contributed by atoms with E-state index in [2.05, 4.69) is 11.2 Å². The van der Waals surface area contributed by atoms with Crippen molar-refractivity contribution in [2.75, 3.05) is 18.1 Å². The maximum absolute atomic E-state index is 10.6. The van der Waals surface area contributed by atoms with Crippen LogP contribution in [0.4, 0.5) is 0 Å². The molecule has 0 amide bonds. The van der Waals surface area contributed by atoms with Gasteiger partial charge in [-0.25, -0.2) is 8.42 Å². The van der Waals surface area contributed by atoms with Crippen LogP contribution in [0.25, 0.3) is 0 Å². The van der Waals surface area contributed by atoms with Crippen LogP contribution in [0, 0.1) is 12.3 Å². The Morgan fingerprint density at radius 1 is 1.55 bits per heavy atom. The lowest BCUT2D eigenvalue weighted by molar-refractivity contribution is 0.516. The summed E-state index contributed by atoms with van der Waals surface area (Å²) in [6.07, 6.45) is 5.68. The van der Waals surface area contributed by atoms with Crippen LogP contribution in [-0.4, -0.2) is 32.5 Å². The van der Waals surface area contributed by atoms with E-state index in [1.165, 1.54) is 0 Å². The predicted octanol–water partition coefficient (Wildman–Crippen LogP) is -0.604. The van der Waals surface area contributed by atoms with Crippen LogP contribution in [0.3, 0.4) is 0 Å². The molecular formula is C7H11NO2S. The zero-order valence-electron chi connectivity index (χ0n) is 6.21. The topological polar surface area (TPSA) is 46.2 Å². The largest absolute Gasteiger partial charge is 0.311 e. The first-order valence-corrected chi connectivity index (χ1v) is 5.33. The van der Waals surface area contributed by atoms with E-state index in [0.717, 1.165) is 6.54 Å². The SMILES string of the molecule is C#CCCNC1CS(=O)(=O)C1. The van der Waals surface area contributed by atoms with E-state index < -0.39 is 9.84 Å². The molecule has 0 saturated carbocycles. The molecule has 0 aliphatic carbocycles. The molecule has 0 radical (unpaired) electrons. The number of hydrogen-bond acceptors (Lipinski definition) is 3. The normalized spacial score (nSPS) is 22.1. The van der Waals surface area contributed by atoms with E-state index in [1.54, 1.807) is 0 Å². The number of nitrogens with one attached hydrogen (secondary N) is 1. The second-order valence-corrected chi connectivity index (χ2v) is 4.84. The second-order valence-electron chi connectivity index (χ2n) is 2.68. The van der Waals surface area contributed by atoms with Gasteiger partial charge in [0, 0.05) is 19.0 Å². The van der Waals surface area contributed by atoms with Gasteiger partial charge in [-0.1, -0.05) is 0 Å². The van der Waals surface area contributed by atoms with E-state index in [-0.39, 0.29) is 17.5 Å². The number of terminal acetylenes is 1. The molecule has 0 bridgehead atoms. The average Bonchev–Trinajstić information content (AvgIpc) is 1.84. The van der Waals surface area contributed by atoms with Crippen LogP contribution in [0.5, 0.6) is 0 Å². The highest BCUT2D eigenvalue weighted by molar-refractivity contribution is 7.92. The van der Waals surface area contributed by atoms with Gasteiger partial charge < -0.3 is 5.32 Å². The Labute approximate surface area is 67.1 Å². The van der Waals surface area contributed by atoms with Gasteiger partial charge in [0.1, 0.15) is 0 Å². The highest BCUT2D eigenvalue weighted by atomic mass is 32.2. The van der Waals surface area contributed by atoms with Gasteiger partial charge in [-0.15, -0.1) is 12.3 Å². The van der Waals surface area contributed by atoms with Crippen molar-refractivity contribution < 1.29 is 8.42 Å². The smallest absolute Gasteiger partial charge is 0.153 e. The van der Waals surface area contributed by atoms with Crippen LogP contribution in [0.15, 0.2) is 0 Å². The van der Waals surface area contributed by atoms with Crippen molar-refractivity contribution >= 4 is 9.84 Å². The van der Waals surface area contributed by atoms with Crippen molar-refractivity contribution in [1.82, 2.24) is 5.32 Å². The summed E-state index contributed by atoms with van der Waals surface area (Å²) in [5.74, 6) is 3.03. The summed E-state index contributed by atoms with van der Waals surface area (Å²) < 4.78 is 21.3. The quantitative estimate of drug-likeness (QED) is 0.458. The predicted molar refractivity (Wildman–Crippen MR) is 43.9 cm³/mol. The van der Waals surface area contributed by atoms with Gasteiger partial charge in [-0.3, -0.25) is 0 Å². The van der Waals surface area contributed by atoms with Gasteiger partial charge >= 0.3 is 0 Å². The summed E-state index contributed by atoms with van der Waals surface area (Å²) in [5.41, 5.74) is 0. The van der Waals surface area contributed by atoms with Crippen LogP contribution in [0.1, 0.15) is 6.42 Å². The maximum atomic E-state index is 10.6. The molecule has 0 atom stereocenters. The molecule has 1 fully saturated rings. The lowest BCUT2D eigenvalue weighted by Crippen LogP contribution is -2.51. The van der Waals surface area contributed by atoms with Crippen LogP contribution in [0.2, 0.25) is 0 Å². The van der Waals surface area contributed by atoms with E-state index in [9.17, 15) is 8.42 Å². The minimum Gasteiger partial charge on any atom is -0.311 e. The Morgan fingerprint density at radius 2 is 2.18 bits per heavy atom. The molecule has 1 aliphatic rings. The molecule has 0 spiro atoms. The highest BCUT2D eigenvalue weighted by Crippen LogP contribution is 2.09. The second kappa shape index (κ2) is 3.24. The zero-order valence-corrected chi connectivity index (χ0v) is 7.02. The molecule has 1 aliphatic heterocycles. The van der Waals surface area contributed by atoms with E-state index >= 15 is 0 Å². The molecule has 0 aromatic heterocycles. The van der Waals surface area contributed by atoms with E-state index in [4.69, 9.17) is 6.42 Å². The summed E-state index contributed by atoms with van der Waals surface area (Å²) in [6, 6.07) is 0.147. The number of hydrogen-bond donors (Lipinski definition) is 1.